The number of benzene rings is 1. The van der Waals surface area contributed by atoms with E-state index < -0.39 is 0 Å². The zero-order chi connectivity index (χ0) is 26.1. The summed E-state index contributed by atoms with van der Waals surface area (Å²) in [6.45, 7) is 4.74. The number of nitrogens with one attached hydrogen (secondary N) is 1. The summed E-state index contributed by atoms with van der Waals surface area (Å²) in [5.41, 5.74) is 1.80. The van der Waals surface area contributed by atoms with Gasteiger partial charge in [-0.1, -0.05) is 17.7 Å². The van der Waals surface area contributed by atoms with Gasteiger partial charge in [0.05, 0.1) is 23.7 Å². The molecule has 0 unspecified atom stereocenters. The molecule has 10 nitrogen and oxygen atoms in total. The van der Waals surface area contributed by atoms with E-state index >= 15 is 0 Å². The number of halogens is 1. The first-order valence-electron chi connectivity index (χ1n) is 12.4. The molecule has 11 heteroatoms. The van der Waals surface area contributed by atoms with Crippen molar-refractivity contribution in [3.8, 4) is 5.75 Å². The van der Waals surface area contributed by atoms with Gasteiger partial charge < -0.3 is 19.9 Å². The largest absolute Gasteiger partial charge is 0.495 e. The summed E-state index contributed by atoms with van der Waals surface area (Å²) in [7, 11) is 5.22. The summed E-state index contributed by atoms with van der Waals surface area (Å²) in [6, 6.07) is 5.69. The van der Waals surface area contributed by atoms with Crippen molar-refractivity contribution in [3.05, 3.63) is 41.2 Å². The Labute approximate surface area is 220 Å². The number of pyridine rings is 1. The Balaban J connectivity index is 1.50. The second-order valence-corrected chi connectivity index (χ2v) is 9.84. The van der Waals surface area contributed by atoms with Crippen molar-refractivity contribution in [2.75, 3.05) is 44.5 Å². The van der Waals surface area contributed by atoms with E-state index in [1.54, 1.807) is 12.0 Å². The first kappa shape index (κ1) is 25.0. The number of methoxy groups -OCH3 is 1. The van der Waals surface area contributed by atoms with Crippen molar-refractivity contribution in [2.24, 2.45) is 5.92 Å². The maximum Gasteiger partial charge on any atom is 0.225 e. The van der Waals surface area contributed by atoms with Gasteiger partial charge >= 0.3 is 0 Å². The highest BCUT2D eigenvalue weighted by atomic mass is 35.5. The summed E-state index contributed by atoms with van der Waals surface area (Å²) >= 11 is 6.33. The molecule has 0 spiro atoms. The number of nitrogens with zero attached hydrogens (tertiary/aromatic N) is 7. The molecule has 37 heavy (non-hydrogen) atoms. The van der Waals surface area contributed by atoms with Crippen LogP contribution in [0.5, 0.6) is 5.75 Å². The Bertz CT molecular complexity index is 1450. The van der Waals surface area contributed by atoms with Gasteiger partial charge in [-0.25, -0.2) is 9.67 Å². The van der Waals surface area contributed by atoms with Crippen LogP contribution in [0.3, 0.4) is 0 Å². The number of ether oxygens (including phenoxy) is 1. The van der Waals surface area contributed by atoms with Crippen LogP contribution in [-0.2, 0) is 17.9 Å². The fourth-order valence-corrected chi connectivity index (χ4v) is 5.23. The van der Waals surface area contributed by atoms with Gasteiger partial charge in [0.25, 0.3) is 0 Å². The van der Waals surface area contributed by atoms with Crippen LogP contribution in [0.25, 0.3) is 21.8 Å². The highest BCUT2D eigenvalue weighted by molar-refractivity contribution is 6.32. The molecule has 1 amide bonds. The van der Waals surface area contributed by atoms with E-state index in [2.05, 4.69) is 25.5 Å². The number of hydrogen-bond acceptors (Lipinski definition) is 8. The van der Waals surface area contributed by atoms with Gasteiger partial charge in [-0.05, 0) is 37.5 Å². The zero-order valence-electron chi connectivity index (χ0n) is 21.5. The van der Waals surface area contributed by atoms with Crippen LogP contribution in [0.2, 0.25) is 5.02 Å². The molecule has 0 bridgehead atoms. The second kappa shape index (κ2) is 10.4. The topological polar surface area (TPSA) is 101 Å². The van der Waals surface area contributed by atoms with Crippen LogP contribution in [-0.4, -0.2) is 70.1 Å². The summed E-state index contributed by atoms with van der Waals surface area (Å²) < 4.78 is 7.14. The number of anilines is 2. The van der Waals surface area contributed by atoms with E-state index in [1.165, 1.54) is 0 Å². The highest BCUT2D eigenvalue weighted by Gasteiger charge is 2.28. The first-order chi connectivity index (χ1) is 17.9. The molecule has 0 atom stereocenters. The molecule has 4 aromatic rings. The van der Waals surface area contributed by atoms with E-state index in [1.807, 2.05) is 56.3 Å². The second-order valence-electron chi connectivity index (χ2n) is 9.43. The standard InChI is InChI=1S/C26H31ClN8O2/c1-5-35-24-19(15-30-35)22-18(14-29-24)25(34-10-8-17(9-11-34)26(36)33(2)3)32-31-23(22)28-13-16-6-7-21(37-4)20(27)12-16/h6-7,12,14-15,17H,5,8-11,13H2,1-4H3,(H,28,31). The first-order valence-corrected chi connectivity index (χ1v) is 12.8. The zero-order valence-corrected chi connectivity index (χ0v) is 22.3. The Hall–Kier alpha value is -3.66. The molecular weight excluding hydrogens is 492 g/mol. The molecule has 1 N–H and O–H groups in total. The Morgan fingerprint density at radius 1 is 1.19 bits per heavy atom. The molecule has 1 fully saturated rings. The molecule has 5 rings (SSSR count). The maximum atomic E-state index is 12.5. The van der Waals surface area contributed by atoms with E-state index in [-0.39, 0.29) is 11.8 Å². The molecule has 4 heterocycles. The van der Waals surface area contributed by atoms with E-state index in [0.29, 0.717) is 29.7 Å². The van der Waals surface area contributed by atoms with Crippen molar-refractivity contribution in [1.29, 1.82) is 0 Å². The summed E-state index contributed by atoms with van der Waals surface area (Å²) in [6.07, 6.45) is 5.27. The van der Waals surface area contributed by atoms with Crippen molar-refractivity contribution >= 4 is 50.9 Å². The Morgan fingerprint density at radius 2 is 1.97 bits per heavy atom. The lowest BCUT2D eigenvalue weighted by Gasteiger charge is -2.33. The fraction of sp³-hybridized carbons (Fsp3) is 0.423. The molecule has 0 saturated carbocycles. The van der Waals surface area contributed by atoms with Crippen LogP contribution in [0.15, 0.2) is 30.6 Å². The minimum Gasteiger partial charge on any atom is -0.495 e. The van der Waals surface area contributed by atoms with Crippen molar-refractivity contribution in [2.45, 2.75) is 32.9 Å². The number of rotatable bonds is 7. The minimum absolute atomic E-state index is 0.0374. The smallest absolute Gasteiger partial charge is 0.225 e. The average Bonchev–Trinajstić information content (AvgIpc) is 3.35. The maximum absolute atomic E-state index is 12.5. The predicted molar refractivity (Wildman–Crippen MR) is 145 cm³/mol. The quantitative estimate of drug-likeness (QED) is 0.389. The molecule has 1 aliphatic heterocycles. The van der Waals surface area contributed by atoms with Gasteiger partial charge in [0.1, 0.15) is 5.75 Å². The Morgan fingerprint density at radius 3 is 2.65 bits per heavy atom. The van der Waals surface area contributed by atoms with Crippen molar-refractivity contribution < 1.29 is 9.53 Å². The van der Waals surface area contributed by atoms with E-state index in [0.717, 1.165) is 59.1 Å². The van der Waals surface area contributed by atoms with Gasteiger partial charge in [0.2, 0.25) is 5.91 Å². The number of piperidine rings is 1. The fourth-order valence-electron chi connectivity index (χ4n) is 4.95. The summed E-state index contributed by atoms with van der Waals surface area (Å²) in [5, 5.41) is 20.5. The highest BCUT2D eigenvalue weighted by Crippen LogP contribution is 2.35. The SMILES string of the molecule is CCn1ncc2c3c(NCc4ccc(OC)c(Cl)c4)nnc(N4CCC(C(=O)N(C)C)CC4)c3cnc21. The summed E-state index contributed by atoms with van der Waals surface area (Å²) in [5.74, 6) is 2.30. The van der Waals surface area contributed by atoms with Crippen molar-refractivity contribution in [3.63, 3.8) is 0 Å². The lowest BCUT2D eigenvalue weighted by atomic mass is 9.95. The monoisotopic (exact) mass is 522 g/mol. The third kappa shape index (κ3) is 4.73. The van der Waals surface area contributed by atoms with Gasteiger partial charge in [0.15, 0.2) is 17.3 Å². The minimum atomic E-state index is 0.0374. The molecule has 194 valence electrons. The van der Waals surface area contributed by atoms with Gasteiger partial charge in [0, 0.05) is 63.2 Å². The molecule has 1 aliphatic rings. The molecular formula is C26H31ClN8O2. The number of aryl methyl sites for hydroxylation is 1. The molecule has 0 aliphatic carbocycles. The van der Waals surface area contributed by atoms with E-state index in [9.17, 15) is 4.79 Å². The van der Waals surface area contributed by atoms with Gasteiger partial charge in [-0.2, -0.15) is 5.10 Å². The van der Waals surface area contributed by atoms with Crippen molar-refractivity contribution in [1.82, 2.24) is 29.9 Å². The number of fused-ring (bicyclic) bond motifs is 3. The lowest BCUT2D eigenvalue weighted by molar-refractivity contribution is -0.133. The van der Waals surface area contributed by atoms with Crippen LogP contribution in [0.4, 0.5) is 11.6 Å². The van der Waals surface area contributed by atoms with Crippen LogP contribution in [0.1, 0.15) is 25.3 Å². The molecule has 1 aromatic carbocycles. The van der Waals surface area contributed by atoms with Crippen LogP contribution < -0.4 is 15.0 Å². The Kier molecular flexibility index (Phi) is 7.01. The van der Waals surface area contributed by atoms with Gasteiger partial charge in [-0.15, -0.1) is 10.2 Å². The van der Waals surface area contributed by atoms with E-state index in [4.69, 9.17) is 21.3 Å². The molecule has 0 radical (unpaired) electrons. The number of amides is 1. The summed E-state index contributed by atoms with van der Waals surface area (Å²) in [4.78, 5) is 21.1. The number of carbonyl (C=O) groups is 1. The number of hydrogen-bond donors (Lipinski definition) is 1. The van der Waals surface area contributed by atoms with Crippen LogP contribution in [0, 0.1) is 5.92 Å². The van der Waals surface area contributed by atoms with Gasteiger partial charge in [-0.3, -0.25) is 4.79 Å². The molecule has 3 aromatic heterocycles. The molecule has 1 saturated heterocycles. The lowest BCUT2D eigenvalue weighted by Crippen LogP contribution is -2.40. The third-order valence-corrected chi connectivity index (χ3v) is 7.24. The average molecular weight is 523 g/mol. The predicted octanol–water partition coefficient (Wildman–Crippen LogP) is 3.97. The number of carbonyl (C=O) groups excluding carboxylic acids is 1. The normalized spacial score (nSPS) is 14.4. The third-order valence-electron chi connectivity index (χ3n) is 6.95. The number of aromatic nitrogens is 5. The van der Waals surface area contributed by atoms with Crippen LogP contribution >= 0.6 is 11.6 Å².